The van der Waals surface area contributed by atoms with Crippen LogP contribution in [-0.4, -0.2) is 16.9 Å². The highest BCUT2D eigenvalue weighted by Crippen LogP contribution is 2.10. The minimum Gasteiger partial charge on any atom is -0.272 e. The van der Waals surface area contributed by atoms with Crippen molar-refractivity contribution >= 4 is 11.8 Å². The molecule has 0 atom stereocenters. The molecule has 22 heavy (non-hydrogen) atoms. The summed E-state index contributed by atoms with van der Waals surface area (Å²) in [6.07, 6.45) is 7.01. The molecular formula is C18H27NO3. The summed E-state index contributed by atoms with van der Waals surface area (Å²) >= 11 is 0. The summed E-state index contributed by atoms with van der Waals surface area (Å²) in [6, 6.07) is 9.51. The number of rotatable bonds is 10. The SMILES string of the molecule is CCCCCCCCC(=O)N(OCc1ccccc1)C(C)=O. The van der Waals surface area contributed by atoms with E-state index in [0.717, 1.165) is 29.9 Å². The Morgan fingerprint density at radius 3 is 2.27 bits per heavy atom. The summed E-state index contributed by atoms with van der Waals surface area (Å²) in [5, 5.41) is 0.902. The van der Waals surface area contributed by atoms with Gasteiger partial charge in [0, 0.05) is 13.3 Å². The van der Waals surface area contributed by atoms with Gasteiger partial charge >= 0.3 is 0 Å². The predicted octanol–water partition coefficient (Wildman–Crippen LogP) is 4.24. The molecule has 0 heterocycles. The Balaban J connectivity index is 2.32. The van der Waals surface area contributed by atoms with E-state index in [1.165, 1.54) is 26.2 Å². The summed E-state index contributed by atoms with van der Waals surface area (Å²) in [7, 11) is 0. The summed E-state index contributed by atoms with van der Waals surface area (Å²) in [6.45, 7) is 3.76. The Kier molecular flexibility index (Phi) is 9.15. The van der Waals surface area contributed by atoms with E-state index in [-0.39, 0.29) is 18.4 Å². The van der Waals surface area contributed by atoms with Gasteiger partial charge in [-0.15, -0.1) is 0 Å². The summed E-state index contributed by atoms with van der Waals surface area (Å²) in [5.74, 6) is -0.620. The molecule has 0 aromatic heterocycles. The molecule has 1 rings (SSSR count). The molecule has 0 radical (unpaired) electrons. The van der Waals surface area contributed by atoms with E-state index in [1.807, 2.05) is 30.3 Å². The number of hydroxylamine groups is 2. The monoisotopic (exact) mass is 305 g/mol. The maximum Gasteiger partial charge on any atom is 0.253 e. The molecule has 2 amide bonds. The summed E-state index contributed by atoms with van der Waals surface area (Å²) < 4.78 is 0. The molecule has 4 heteroatoms. The maximum atomic E-state index is 12.1. The van der Waals surface area contributed by atoms with Gasteiger partial charge in [0.05, 0.1) is 0 Å². The molecule has 0 N–H and O–H groups in total. The molecule has 122 valence electrons. The lowest BCUT2D eigenvalue weighted by molar-refractivity contribution is -0.197. The van der Waals surface area contributed by atoms with E-state index in [0.29, 0.717) is 6.42 Å². The maximum absolute atomic E-state index is 12.1. The van der Waals surface area contributed by atoms with Crippen molar-refractivity contribution in [1.82, 2.24) is 5.06 Å². The van der Waals surface area contributed by atoms with E-state index < -0.39 is 0 Å². The third-order valence-corrected chi connectivity index (χ3v) is 3.46. The van der Waals surface area contributed by atoms with E-state index in [2.05, 4.69) is 6.92 Å². The minimum atomic E-state index is -0.369. The molecule has 0 spiro atoms. The van der Waals surface area contributed by atoms with E-state index in [4.69, 9.17) is 4.84 Å². The van der Waals surface area contributed by atoms with Crippen molar-refractivity contribution in [1.29, 1.82) is 0 Å². The summed E-state index contributed by atoms with van der Waals surface area (Å²) in [4.78, 5) is 29.0. The number of amides is 2. The van der Waals surface area contributed by atoms with Crippen LogP contribution in [0.5, 0.6) is 0 Å². The first-order valence-electron chi connectivity index (χ1n) is 8.15. The summed E-state index contributed by atoms with van der Waals surface area (Å²) in [5.41, 5.74) is 0.932. The molecule has 0 saturated heterocycles. The molecule has 1 aromatic carbocycles. The molecule has 0 saturated carbocycles. The van der Waals surface area contributed by atoms with Gasteiger partial charge in [-0.2, -0.15) is 5.06 Å². The lowest BCUT2D eigenvalue weighted by atomic mass is 10.1. The second-order valence-corrected chi connectivity index (χ2v) is 5.48. The molecule has 1 aromatic rings. The van der Waals surface area contributed by atoms with Crippen LogP contribution < -0.4 is 0 Å². The Morgan fingerprint density at radius 2 is 1.64 bits per heavy atom. The highest BCUT2D eigenvalue weighted by molar-refractivity contribution is 5.92. The fourth-order valence-corrected chi connectivity index (χ4v) is 2.21. The number of unbranched alkanes of at least 4 members (excludes halogenated alkanes) is 5. The fraction of sp³-hybridized carbons (Fsp3) is 0.556. The normalized spacial score (nSPS) is 10.5. The van der Waals surface area contributed by atoms with Crippen molar-refractivity contribution in [3.8, 4) is 0 Å². The van der Waals surface area contributed by atoms with Gasteiger partial charge in [-0.3, -0.25) is 14.4 Å². The zero-order valence-corrected chi connectivity index (χ0v) is 13.7. The van der Waals surface area contributed by atoms with Crippen molar-refractivity contribution in [2.75, 3.05) is 0 Å². The zero-order valence-electron chi connectivity index (χ0n) is 13.7. The first-order chi connectivity index (χ1) is 10.6. The largest absolute Gasteiger partial charge is 0.272 e. The van der Waals surface area contributed by atoms with E-state index in [1.54, 1.807) is 0 Å². The Labute approximate surface area is 133 Å². The third-order valence-electron chi connectivity index (χ3n) is 3.46. The molecule has 0 aliphatic rings. The first-order valence-corrected chi connectivity index (χ1v) is 8.15. The first kappa shape index (κ1) is 18.4. The number of benzene rings is 1. The average molecular weight is 305 g/mol. The quantitative estimate of drug-likeness (QED) is 0.480. The number of nitrogens with zero attached hydrogens (tertiary/aromatic N) is 1. The van der Waals surface area contributed by atoms with Crippen LogP contribution >= 0.6 is 0 Å². The van der Waals surface area contributed by atoms with Crippen LogP contribution in [0.4, 0.5) is 0 Å². The topological polar surface area (TPSA) is 46.6 Å². The van der Waals surface area contributed by atoms with Crippen LogP contribution in [0, 0.1) is 0 Å². The van der Waals surface area contributed by atoms with Crippen LogP contribution in [-0.2, 0) is 21.0 Å². The highest BCUT2D eigenvalue weighted by Gasteiger charge is 2.18. The molecular weight excluding hydrogens is 278 g/mol. The van der Waals surface area contributed by atoms with Gasteiger partial charge in [0.2, 0.25) is 5.91 Å². The van der Waals surface area contributed by atoms with Gasteiger partial charge in [-0.1, -0.05) is 69.4 Å². The van der Waals surface area contributed by atoms with Crippen LogP contribution in [0.1, 0.15) is 64.4 Å². The van der Waals surface area contributed by atoms with Gasteiger partial charge in [0.15, 0.2) is 0 Å². The number of imide groups is 1. The van der Waals surface area contributed by atoms with E-state index in [9.17, 15) is 9.59 Å². The lowest BCUT2D eigenvalue weighted by Crippen LogP contribution is -2.35. The van der Waals surface area contributed by atoms with Gasteiger partial charge in [0.1, 0.15) is 6.61 Å². The Morgan fingerprint density at radius 1 is 1.00 bits per heavy atom. The van der Waals surface area contributed by atoms with Crippen molar-refractivity contribution in [2.45, 2.75) is 65.4 Å². The lowest BCUT2D eigenvalue weighted by Gasteiger charge is -2.18. The number of hydrogen-bond acceptors (Lipinski definition) is 3. The Bertz CT molecular complexity index is 445. The predicted molar refractivity (Wildman–Crippen MR) is 86.8 cm³/mol. The number of carbonyl (C=O) groups excluding carboxylic acids is 2. The van der Waals surface area contributed by atoms with Crippen molar-refractivity contribution < 1.29 is 14.4 Å². The average Bonchev–Trinajstić information content (AvgIpc) is 2.51. The molecule has 0 unspecified atom stereocenters. The zero-order chi connectivity index (χ0) is 16.2. The van der Waals surface area contributed by atoms with Crippen LogP contribution in [0.3, 0.4) is 0 Å². The molecule has 0 fully saturated rings. The minimum absolute atomic E-state index is 0.225. The van der Waals surface area contributed by atoms with Gasteiger partial charge in [0.25, 0.3) is 5.91 Å². The fourth-order valence-electron chi connectivity index (χ4n) is 2.21. The van der Waals surface area contributed by atoms with Crippen LogP contribution in [0.2, 0.25) is 0 Å². The molecule has 0 aliphatic heterocycles. The van der Waals surface area contributed by atoms with Crippen molar-refractivity contribution in [3.63, 3.8) is 0 Å². The van der Waals surface area contributed by atoms with Crippen molar-refractivity contribution in [3.05, 3.63) is 35.9 Å². The number of carbonyl (C=O) groups is 2. The van der Waals surface area contributed by atoms with Gasteiger partial charge < -0.3 is 0 Å². The molecule has 4 nitrogen and oxygen atoms in total. The highest BCUT2D eigenvalue weighted by atomic mass is 16.7. The number of hydrogen-bond donors (Lipinski definition) is 0. The second kappa shape index (κ2) is 11.0. The smallest absolute Gasteiger partial charge is 0.253 e. The van der Waals surface area contributed by atoms with Crippen LogP contribution in [0.25, 0.3) is 0 Å². The standard InChI is InChI=1S/C18H27NO3/c1-3-4-5-6-7-11-14-18(21)19(16(2)20)22-15-17-12-9-8-10-13-17/h8-10,12-13H,3-7,11,14-15H2,1-2H3. The Hall–Kier alpha value is -1.68. The van der Waals surface area contributed by atoms with Crippen LogP contribution in [0.15, 0.2) is 30.3 Å². The third kappa shape index (κ3) is 7.36. The second-order valence-electron chi connectivity index (χ2n) is 5.48. The van der Waals surface area contributed by atoms with Crippen molar-refractivity contribution in [2.24, 2.45) is 0 Å². The van der Waals surface area contributed by atoms with Gasteiger partial charge in [-0.05, 0) is 12.0 Å². The van der Waals surface area contributed by atoms with Gasteiger partial charge in [-0.25, -0.2) is 0 Å². The molecule has 0 bridgehead atoms. The molecule has 0 aliphatic carbocycles. The van der Waals surface area contributed by atoms with E-state index >= 15 is 0 Å².